The Hall–Kier alpha value is -0.690. The minimum Gasteiger partial charge on any atom is -0.388 e. The van der Waals surface area contributed by atoms with Gasteiger partial charge in [-0.2, -0.15) is 0 Å². The van der Waals surface area contributed by atoms with Gasteiger partial charge in [-0.1, -0.05) is 0 Å². The molecule has 0 aromatic heterocycles. The Balaban J connectivity index is 2.65. The van der Waals surface area contributed by atoms with Crippen LogP contribution in [-0.4, -0.2) is 51.7 Å². The second-order valence-electron chi connectivity index (χ2n) is 3.52. The van der Waals surface area contributed by atoms with Gasteiger partial charge in [0.25, 0.3) is 0 Å². The Morgan fingerprint density at radius 1 is 1.29 bits per heavy atom. The third-order valence-electron chi connectivity index (χ3n) is 2.35. The van der Waals surface area contributed by atoms with E-state index in [0.717, 1.165) is 0 Å². The molecule has 1 heterocycles. The van der Waals surface area contributed by atoms with Gasteiger partial charge in [-0.05, 0) is 6.92 Å². The van der Waals surface area contributed by atoms with Crippen molar-refractivity contribution in [1.82, 2.24) is 0 Å². The number of aliphatic hydroxyl groups is 3. The summed E-state index contributed by atoms with van der Waals surface area (Å²) >= 11 is 0. The SMILES string of the molecule is C[C@@H]1O[C@@H](CC(N)=O)[C@@H](O)[C@H](O)[C@@H]1O. The standard InChI is InChI=1S/C8H15NO5/c1-3-6(11)8(13)7(12)4(14-3)2-5(9)10/h3-4,6-8,11-13H,2H2,1H3,(H2,9,10)/t3-,4-,6+,7+,8+/m0/s1. The first-order valence-electron chi connectivity index (χ1n) is 4.41. The summed E-state index contributed by atoms with van der Waals surface area (Å²) in [5, 5.41) is 28.1. The summed E-state index contributed by atoms with van der Waals surface area (Å²) in [5.41, 5.74) is 4.94. The van der Waals surface area contributed by atoms with Gasteiger partial charge in [0.15, 0.2) is 0 Å². The number of amides is 1. The molecular formula is C8H15NO5. The molecular weight excluding hydrogens is 190 g/mol. The number of nitrogens with two attached hydrogens (primary N) is 1. The fourth-order valence-electron chi connectivity index (χ4n) is 1.50. The highest BCUT2D eigenvalue weighted by atomic mass is 16.5. The van der Waals surface area contributed by atoms with Gasteiger partial charge in [0.1, 0.15) is 18.3 Å². The fourth-order valence-corrected chi connectivity index (χ4v) is 1.50. The smallest absolute Gasteiger partial charge is 0.220 e. The molecule has 0 unspecified atom stereocenters. The van der Waals surface area contributed by atoms with E-state index in [1.54, 1.807) is 6.92 Å². The molecule has 1 aliphatic heterocycles. The quantitative estimate of drug-likeness (QED) is 0.406. The molecule has 5 N–H and O–H groups in total. The van der Waals surface area contributed by atoms with Crippen LogP contribution in [0.15, 0.2) is 0 Å². The molecule has 0 aromatic carbocycles. The van der Waals surface area contributed by atoms with Crippen LogP contribution < -0.4 is 5.73 Å². The third kappa shape index (κ3) is 2.21. The first kappa shape index (κ1) is 11.4. The van der Waals surface area contributed by atoms with Gasteiger partial charge in [-0.15, -0.1) is 0 Å². The molecule has 6 heteroatoms. The van der Waals surface area contributed by atoms with Crippen molar-refractivity contribution < 1.29 is 24.9 Å². The van der Waals surface area contributed by atoms with E-state index in [-0.39, 0.29) is 6.42 Å². The van der Waals surface area contributed by atoms with Gasteiger partial charge in [-0.3, -0.25) is 4.79 Å². The van der Waals surface area contributed by atoms with Crippen LogP contribution in [0.2, 0.25) is 0 Å². The molecule has 1 rings (SSSR count). The van der Waals surface area contributed by atoms with Crippen LogP contribution in [0.1, 0.15) is 13.3 Å². The van der Waals surface area contributed by atoms with Crippen molar-refractivity contribution in [2.24, 2.45) is 5.73 Å². The Morgan fingerprint density at radius 2 is 1.86 bits per heavy atom. The number of hydrogen-bond acceptors (Lipinski definition) is 5. The van der Waals surface area contributed by atoms with E-state index >= 15 is 0 Å². The minimum absolute atomic E-state index is 0.171. The van der Waals surface area contributed by atoms with Crippen LogP contribution in [0, 0.1) is 0 Å². The van der Waals surface area contributed by atoms with Crippen molar-refractivity contribution in [2.75, 3.05) is 0 Å². The van der Waals surface area contributed by atoms with Gasteiger partial charge < -0.3 is 25.8 Å². The van der Waals surface area contributed by atoms with Gasteiger partial charge in [-0.25, -0.2) is 0 Å². The van der Waals surface area contributed by atoms with Crippen LogP contribution in [0.4, 0.5) is 0 Å². The summed E-state index contributed by atoms with van der Waals surface area (Å²) in [5.74, 6) is -0.621. The highest BCUT2D eigenvalue weighted by Gasteiger charge is 2.41. The monoisotopic (exact) mass is 205 g/mol. The van der Waals surface area contributed by atoms with Crippen LogP contribution in [0.25, 0.3) is 0 Å². The first-order valence-corrected chi connectivity index (χ1v) is 4.41. The number of aliphatic hydroxyl groups excluding tert-OH is 3. The average Bonchev–Trinajstić information content (AvgIpc) is 2.10. The summed E-state index contributed by atoms with van der Waals surface area (Å²) < 4.78 is 5.13. The molecule has 5 atom stereocenters. The van der Waals surface area contributed by atoms with Crippen LogP contribution >= 0.6 is 0 Å². The summed E-state index contributed by atoms with van der Waals surface area (Å²) in [6, 6.07) is 0. The highest BCUT2D eigenvalue weighted by molar-refractivity contribution is 5.74. The molecule has 0 aliphatic carbocycles. The van der Waals surface area contributed by atoms with E-state index in [4.69, 9.17) is 10.5 Å². The van der Waals surface area contributed by atoms with Gasteiger partial charge in [0.05, 0.1) is 18.6 Å². The number of carbonyl (C=O) groups excluding carboxylic acids is 1. The predicted octanol–water partition coefficient (Wildman–Crippen LogP) is -2.27. The second-order valence-corrected chi connectivity index (χ2v) is 3.52. The molecule has 0 aromatic rings. The predicted molar refractivity (Wildman–Crippen MR) is 46.2 cm³/mol. The molecule has 1 saturated heterocycles. The maximum atomic E-state index is 10.6. The van der Waals surface area contributed by atoms with E-state index in [1.807, 2.05) is 0 Å². The number of primary amides is 1. The second kappa shape index (κ2) is 4.22. The lowest BCUT2D eigenvalue weighted by Crippen LogP contribution is -2.57. The van der Waals surface area contributed by atoms with Crippen molar-refractivity contribution in [3.8, 4) is 0 Å². The lowest BCUT2D eigenvalue weighted by molar-refractivity contribution is -0.217. The van der Waals surface area contributed by atoms with E-state index < -0.39 is 36.4 Å². The van der Waals surface area contributed by atoms with E-state index in [1.165, 1.54) is 0 Å². The molecule has 14 heavy (non-hydrogen) atoms. The molecule has 0 spiro atoms. The van der Waals surface area contributed by atoms with Crippen LogP contribution in [0.5, 0.6) is 0 Å². The van der Waals surface area contributed by atoms with Crippen LogP contribution in [-0.2, 0) is 9.53 Å². The van der Waals surface area contributed by atoms with Gasteiger partial charge >= 0.3 is 0 Å². The van der Waals surface area contributed by atoms with Crippen molar-refractivity contribution in [1.29, 1.82) is 0 Å². The molecule has 1 amide bonds. The molecule has 1 aliphatic rings. The molecule has 6 nitrogen and oxygen atoms in total. The topological polar surface area (TPSA) is 113 Å². The van der Waals surface area contributed by atoms with Crippen molar-refractivity contribution in [3.63, 3.8) is 0 Å². The lowest BCUT2D eigenvalue weighted by Gasteiger charge is -2.38. The Labute approximate surface area is 81.3 Å². The van der Waals surface area contributed by atoms with Gasteiger partial charge in [0.2, 0.25) is 5.91 Å². The zero-order chi connectivity index (χ0) is 10.9. The van der Waals surface area contributed by atoms with Crippen molar-refractivity contribution in [3.05, 3.63) is 0 Å². The Morgan fingerprint density at radius 3 is 2.36 bits per heavy atom. The first-order chi connectivity index (χ1) is 6.43. The molecule has 0 saturated carbocycles. The van der Waals surface area contributed by atoms with E-state index in [2.05, 4.69) is 0 Å². The molecule has 1 fully saturated rings. The molecule has 82 valence electrons. The number of hydrogen-bond donors (Lipinski definition) is 4. The normalized spacial score (nSPS) is 43.6. The number of ether oxygens (including phenoxy) is 1. The minimum atomic E-state index is -1.30. The summed E-state index contributed by atoms with van der Waals surface area (Å²) in [7, 11) is 0. The summed E-state index contributed by atoms with van der Waals surface area (Å²) in [6.45, 7) is 1.55. The fraction of sp³-hybridized carbons (Fsp3) is 0.875. The maximum Gasteiger partial charge on any atom is 0.220 e. The van der Waals surface area contributed by atoms with Gasteiger partial charge in [0, 0.05) is 0 Å². The zero-order valence-corrected chi connectivity index (χ0v) is 7.83. The van der Waals surface area contributed by atoms with Crippen molar-refractivity contribution in [2.45, 2.75) is 43.9 Å². The van der Waals surface area contributed by atoms with Crippen LogP contribution in [0.3, 0.4) is 0 Å². The zero-order valence-electron chi connectivity index (χ0n) is 7.83. The Kier molecular flexibility index (Phi) is 3.43. The number of rotatable bonds is 2. The highest BCUT2D eigenvalue weighted by Crippen LogP contribution is 2.22. The molecule has 0 bridgehead atoms. The largest absolute Gasteiger partial charge is 0.388 e. The van der Waals surface area contributed by atoms with E-state index in [0.29, 0.717) is 0 Å². The Bertz CT molecular complexity index is 222. The van der Waals surface area contributed by atoms with E-state index in [9.17, 15) is 20.1 Å². The lowest BCUT2D eigenvalue weighted by atomic mass is 9.94. The summed E-state index contributed by atoms with van der Waals surface area (Å²) in [4.78, 5) is 10.6. The summed E-state index contributed by atoms with van der Waals surface area (Å²) in [6.07, 6.45) is -5.38. The third-order valence-corrected chi connectivity index (χ3v) is 2.35. The molecule has 0 radical (unpaired) electrons. The maximum absolute atomic E-state index is 10.6. The average molecular weight is 205 g/mol. The van der Waals surface area contributed by atoms with Crippen molar-refractivity contribution >= 4 is 5.91 Å². The number of carbonyl (C=O) groups is 1.